The Balaban J connectivity index is 2.36. The van der Waals surface area contributed by atoms with Crippen LogP contribution in [0.5, 0.6) is 0 Å². The van der Waals surface area contributed by atoms with Crippen LogP contribution in [0.25, 0.3) is 10.9 Å². The Hall–Kier alpha value is -3.25. The minimum Gasteiger partial charge on any atom is -0.465 e. The molecule has 2 aromatic heterocycles. The van der Waals surface area contributed by atoms with Crippen molar-refractivity contribution in [3.05, 3.63) is 59.5 Å². The van der Waals surface area contributed by atoms with Crippen molar-refractivity contribution in [2.24, 2.45) is 0 Å². The molecular formula is C21H23N3O7S2. The normalized spacial score (nSPS) is 12.0. The fourth-order valence-corrected chi connectivity index (χ4v) is 5.77. The van der Waals surface area contributed by atoms with Crippen molar-refractivity contribution in [1.29, 1.82) is 0 Å². The molecule has 0 aliphatic rings. The topological polar surface area (TPSA) is 133 Å². The molecule has 0 saturated heterocycles. The number of sulfonamides is 1. The third kappa shape index (κ3) is 4.23. The molecule has 0 bridgehead atoms. The zero-order chi connectivity index (χ0) is 24.6. The number of fused-ring (bicyclic) bond motifs is 1. The standard InChI is InChI=1S/C21H23N3O7S2/c1-5-32(27,28)23-14(3)19(21(26)31-4)17-13-16(7-8-18(17)23)24(33(29,30)6-2)20(25)15-9-11-22-12-10-15/h7-13H,5-6H2,1-4H3. The molecule has 2 heterocycles. The number of carbonyl (C=O) groups excluding carboxylic acids is 2. The maximum Gasteiger partial charge on any atom is 0.340 e. The van der Waals surface area contributed by atoms with Crippen molar-refractivity contribution in [2.75, 3.05) is 22.9 Å². The Morgan fingerprint density at radius 2 is 1.67 bits per heavy atom. The summed E-state index contributed by atoms with van der Waals surface area (Å²) in [5.74, 6) is -2.19. The lowest BCUT2D eigenvalue weighted by molar-refractivity contribution is 0.0602. The summed E-state index contributed by atoms with van der Waals surface area (Å²) in [5, 5.41) is 0.146. The van der Waals surface area contributed by atoms with Gasteiger partial charge in [0.25, 0.3) is 5.91 Å². The van der Waals surface area contributed by atoms with E-state index >= 15 is 0 Å². The fourth-order valence-electron chi connectivity index (χ4n) is 3.50. The van der Waals surface area contributed by atoms with Crippen LogP contribution in [-0.2, 0) is 24.8 Å². The van der Waals surface area contributed by atoms with Crippen molar-refractivity contribution in [2.45, 2.75) is 20.8 Å². The Bertz CT molecular complexity index is 1440. The van der Waals surface area contributed by atoms with E-state index in [4.69, 9.17) is 4.74 Å². The molecule has 12 heteroatoms. The number of methoxy groups -OCH3 is 1. The maximum absolute atomic E-state index is 13.2. The van der Waals surface area contributed by atoms with E-state index in [9.17, 15) is 26.4 Å². The fraction of sp³-hybridized carbons (Fsp3) is 0.286. The zero-order valence-electron chi connectivity index (χ0n) is 18.5. The number of anilines is 1. The summed E-state index contributed by atoms with van der Waals surface area (Å²) in [6.07, 6.45) is 2.73. The zero-order valence-corrected chi connectivity index (χ0v) is 20.1. The number of hydrogen-bond acceptors (Lipinski definition) is 8. The third-order valence-electron chi connectivity index (χ3n) is 5.16. The van der Waals surface area contributed by atoms with Gasteiger partial charge in [0.2, 0.25) is 20.0 Å². The van der Waals surface area contributed by atoms with Gasteiger partial charge in [0, 0.05) is 29.0 Å². The van der Waals surface area contributed by atoms with Crippen molar-refractivity contribution in [1.82, 2.24) is 8.96 Å². The smallest absolute Gasteiger partial charge is 0.340 e. The van der Waals surface area contributed by atoms with Crippen molar-refractivity contribution in [3.8, 4) is 0 Å². The van der Waals surface area contributed by atoms with E-state index in [1.165, 1.54) is 63.5 Å². The molecule has 1 amide bonds. The van der Waals surface area contributed by atoms with E-state index in [0.29, 0.717) is 4.31 Å². The molecule has 176 valence electrons. The summed E-state index contributed by atoms with van der Waals surface area (Å²) in [5.41, 5.74) is 0.321. The highest BCUT2D eigenvalue weighted by Gasteiger charge is 2.31. The van der Waals surface area contributed by atoms with Crippen LogP contribution in [0.15, 0.2) is 42.7 Å². The molecule has 0 aliphatic heterocycles. The molecule has 1 aromatic carbocycles. The number of pyridine rings is 1. The van der Waals surface area contributed by atoms with Crippen LogP contribution in [0.4, 0.5) is 5.69 Å². The first-order valence-electron chi connectivity index (χ1n) is 9.94. The van der Waals surface area contributed by atoms with Crippen molar-refractivity contribution >= 4 is 48.5 Å². The molecule has 0 unspecified atom stereocenters. The number of nitrogens with zero attached hydrogens (tertiary/aromatic N) is 3. The third-order valence-corrected chi connectivity index (χ3v) is 8.58. The molecule has 0 saturated carbocycles. The summed E-state index contributed by atoms with van der Waals surface area (Å²) in [7, 11) is -6.72. The van der Waals surface area contributed by atoms with Gasteiger partial charge in [-0.2, -0.15) is 0 Å². The first kappa shape index (κ1) is 24.4. The number of hydrogen-bond donors (Lipinski definition) is 0. The van der Waals surface area contributed by atoms with Crippen molar-refractivity contribution in [3.63, 3.8) is 0 Å². The predicted molar refractivity (Wildman–Crippen MR) is 123 cm³/mol. The molecule has 3 rings (SSSR count). The predicted octanol–water partition coefficient (Wildman–Crippen LogP) is 2.33. The van der Waals surface area contributed by atoms with Crippen LogP contribution < -0.4 is 4.31 Å². The summed E-state index contributed by atoms with van der Waals surface area (Å²) in [6.45, 7) is 4.33. The number of aromatic nitrogens is 2. The van der Waals surface area contributed by atoms with Gasteiger partial charge < -0.3 is 4.74 Å². The van der Waals surface area contributed by atoms with Gasteiger partial charge in [-0.3, -0.25) is 9.78 Å². The van der Waals surface area contributed by atoms with Crippen LogP contribution in [0.3, 0.4) is 0 Å². The molecule has 10 nitrogen and oxygen atoms in total. The Morgan fingerprint density at radius 1 is 1.03 bits per heavy atom. The van der Waals surface area contributed by atoms with Crippen molar-refractivity contribution < 1.29 is 31.2 Å². The monoisotopic (exact) mass is 493 g/mol. The van der Waals surface area contributed by atoms with Gasteiger partial charge in [-0.15, -0.1) is 0 Å². The lowest BCUT2D eigenvalue weighted by Gasteiger charge is -2.22. The Kier molecular flexibility index (Phi) is 6.61. The van der Waals surface area contributed by atoms with E-state index < -0.39 is 31.9 Å². The van der Waals surface area contributed by atoms with Crippen LogP contribution in [0.2, 0.25) is 0 Å². The Morgan fingerprint density at radius 3 is 2.21 bits per heavy atom. The van der Waals surface area contributed by atoms with E-state index in [-0.39, 0.29) is 44.9 Å². The average Bonchev–Trinajstić information content (AvgIpc) is 3.10. The highest BCUT2D eigenvalue weighted by atomic mass is 32.2. The summed E-state index contributed by atoms with van der Waals surface area (Å²) >= 11 is 0. The van der Waals surface area contributed by atoms with Gasteiger partial charge in [-0.25, -0.2) is 29.9 Å². The molecule has 0 N–H and O–H groups in total. The van der Waals surface area contributed by atoms with Gasteiger partial charge in [-0.05, 0) is 51.1 Å². The largest absolute Gasteiger partial charge is 0.465 e. The molecule has 0 radical (unpaired) electrons. The lowest BCUT2D eigenvalue weighted by atomic mass is 10.1. The maximum atomic E-state index is 13.2. The SMILES string of the molecule is CCS(=O)(=O)N(C(=O)c1ccncc1)c1ccc2c(c1)c(C(=O)OC)c(C)n2S(=O)(=O)CC. The highest BCUT2D eigenvalue weighted by Crippen LogP contribution is 2.33. The second kappa shape index (κ2) is 8.94. The first-order valence-corrected chi connectivity index (χ1v) is 13.2. The summed E-state index contributed by atoms with van der Waals surface area (Å²) in [4.78, 5) is 29.5. The summed E-state index contributed by atoms with van der Waals surface area (Å²) < 4.78 is 57.8. The molecule has 0 atom stereocenters. The molecular weight excluding hydrogens is 470 g/mol. The Labute approximate surface area is 191 Å². The number of esters is 1. The second-order valence-electron chi connectivity index (χ2n) is 7.02. The van der Waals surface area contributed by atoms with E-state index in [0.717, 1.165) is 11.1 Å². The molecule has 0 spiro atoms. The van der Waals surface area contributed by atoms with Gasteiger partial charge in [0.05, 0.1) is 35.4 Å². The van der Waals surface area contributed by atoms with Crippen LogP contribution >= 0.6 is 0 Å². The van der Waals surface area contributed by atoms with E-state index in [2.05, 4.69) is 4.98 Å². The number of carbonyl (C=O) groups is 2. The van der Waals surface area contributed by atoms with E-state index in [1.807, 2.05) is 0 Å². The van der Waals surface area contributed by atoms with Gasteiger partial charge in [0.15, 0.2) is 0 Å². The molecule has 33 heavy (non-hydrogen) atoms. The van der Waals surface area contributed by atoms with Gasteiger partial charge in [0.1, 0.15) is 0 Å². The molecule has 0 fully saturated rings. The second-order valence-corrected chi connectivity index (χ2v) is 11.2. The van der Waals surface area contributed by atoms with Crippen LogP contribution in [0, 0.1) is 6.92 Å². The minimum atomic E-state index is -4.08. The highest BCUT2D eigenvalue weighted by molar-refractivity contribution is 7.93. The van der Waals surface area contributed by atoms with Gasteiger partial charge >= 0.3 is 5.97 Å². The molecule has 0 aliphatic carbocycles. The van der Waals surface area contributed by atoms with E-state index in [1.54, 1.807) is 0 Å². The molecule has 3 aromatic rings. The number of benzene rings is 1. The lowest BCUT2D eigenvalue weighted by Crippen LogP contribution is -2.38. The first-order chi connectivity index (χ1) is 15.5. The van der Waals surface area contributed by atoms with Gasteiger partial charge in [-0.1, -0.05) is 0 Å². The number of rotatable bonds is 7. The number of ether oxygens (including phenoxy) is 1. The van der Waals surface area contributed by atoms with Crippen LogP contribution in [-0.4, -0.2) is 56.3 Å². The summed E-state index contributed by atoms with van der Waals surface area (Å²) in [6, 6.07) is 6.77. The minimum absolute atomic E-state index is 0.0309. The number of amides is 1. The quantitative estimate of drug-likeness (QED) is 0.458. The average molecular weight is 494 g/mol. The van der Waals surface area contributed by atoms with Crippen LogP contribution in [0.1, 0.15) is 40.3 Å².